The van der Waals surface area contributed by atoms with Crippen molar-refractivity contribution in [1.82, 2.24) is 14.5 Å². The Morgan fingerprint density at radius 2 is 1.50 bits per heavy atom. The van der Waals surface area contributed by atoms with Gasteiger partial charge in [-0.05, 0) is 92.6 Å². The van der Waals surface area contributed by atoms with E-state index in [1.165, 1.54) is 5.56 Å². The first-order chi connectivity index (χ1) is 22.2. The molecule has 46 heavy (non-hydrogen) atoms. The van der Waals surface area contributed by atoms with Gasteiger partial charge in [0.1, 0.15) is 24.6 Å². The van der Waals surface area contributed by atoms with E-state index in [1.54, 1.807) is 18.7 Å². The molecule has 1 N–H and O–H groups in total. The molecule has 2 saturated heterocycles. The van der Waals surface area contributed by atoms with Crippen LogP contribution in [0.2, 0.25) is 10.0 Å². The van der Waals surface area contributed by atoms with Gasteiger partial charge < -0.3 is 28.8 Å². The van der Waals surface area contributed by atoms with Gasteiger partial charge >= 0.3 is 6.09 Å². The number of hydrogen-bond donors (Lipinski definition) is 1. The second-order valence-corrected chi connectivity index (χ2v) is 14.0. The van der Waals surface area contributed by atoms with Crippen molar-refractivity contribution in [3.63, 3.8) is 0 Å². The molecule has 0 unspecified atom stereocenters. The number of likely N-dealkylation sites (tertiary alicyclic amines) is 1. The normalized spacial score (nSPS) is 21.7. The number of amides is 1. The molecule has 0 bridgehead atoms. The van der Waals surface area contributed by atoms with Gasteiger partial charge in [-0.15, -0.1) is 0 Å². The Bertz CT molecular complexity index is 1650. The van der Waals surface area contributed by atoms with E-state index in [4.69, 9.17) is 42.4 Å². The summed E-state index contributed by atoms with van der Waals surface area (Å²) in [6, 6.07) is 22.9. The van der Waals surface area contributed by atoms with E-state index in [1.807, 2.05) is 24.3 Å². The zero-order valence-electron chi connectivity index (χ0n) is 26.1. The molecule has 3 aliphatic rings. The molecule has 3 heterocycles. The van der Waals surface area contributed by atoms with Crippen molar-refractivity contribution >= 4 is 40.3 Å². The largest absolute Gasteiger partial charge is 0.447 e. The van der Waals surface area contributed by atoms with Gasteiger partial charge in [-0.3, -0.25) is 0 Å². The Labute approximate surface area is 279 Å². The van der Waals surface area contributed by atoms with Crippen LogP contribution in [0.3, 0.4) is 0 Å². The van der Waals surface area contributed by atoms with E-state index in [2.05, 4.69) is 47.0 Å². The Balaban J connectivity index is 1.13. The van der Waals surface area contributed by atoms with Crippen molar-refractivity contribution in [1.29, 1.82) is 0 Å². The molecule has 2 aliphatic heterocycles. The molecule has 1 saturated carbocycles. The number of fused-ring (bicyclic) bond motifs is 1. The summed E-state index contributed by atoms with van der Waals surface area (Å²) < 4.78 is 19.6. The molecule has 1 aliphatic carbocycles. The molecule has 3 fully saturated rings. The number of halogens is 2. The van der Waals surface area contributed by atoms with Gasteiger partial charge in [0.15, 0.2) is 5.79 Å². The lowest BCUT2D eigenvalue weighted by Crippen LogP contribution is -2.41. The number of carbonyl (C=O) groups excluding carboxylic acids is 1. The maximum Gasteiger partial charge on any atom is 0.409 e. The molecule has 3 aromatic carbocycles. The quantitative estimate of drug-likeness (QED) is 0.195. The number of piperidine rings is 1. The molecule has 0 spiro atoms. The van der Waals surface area contributed by atoms with Crippen LogP contribution in [0, 0.1) is 0 Å². The lowest BCUT2D eigenvalue weighted by Gasteiger charge is -2.33. The van der Waals surface area contributed by atoms with Crippen LogP contribution in [-0.2, 0) is 14.2 Å². The van der Waals surface area contributed by atoms with Crippen LogP contribution >= 0.6 is 23.2 Å². The summed E-state index contributed by atoms with van der Waals surface area (Å²) in [7, 11) is 0. The predicted molar refractivity (Wildman–Crippen MR) is 178 cm³/mol. The second-order valence-electron chi connectivity index (χ2n) is 13.1. The highest BCUT2D eigenvalue weighted by Gasteiger charge is 2.42. The fourth-order valence-electron chi connectivity index (χ4n) is 6.97. The molecule has 2 atom stereocenters. The molecule has 7 rings (SSSR count). The lowest BCUT2D eigenvalue weighted by molar-refractivity contribution is -0.151. The van der Waals surface area contributed by atoms with Crippen LogP contribution in [0.4, 0.5) is 4.79 Å². The van der Waals surface area contributed by atoms with Crippen LogP contribution in [0.25, 0.3) is 11.0 Å². The summed E-state index contributed by atoms with van der Waals surface area (Å²) in [6.07, 6.45) is 2.52. The average molecular weight is 665 g/mol. The fourth-order valence-corrected chi connectivity index (χ4v) is 7.22. The molecule has 4 aromatic rings. The van der Waals surface area contributed by atoms with Crippen LogP contribution in [0.15, 0.2) is 66.7 Å². The van der Waals surface area contributed by atoms with Gasteiger partial charge in [0.25, 0.3) is 0 Å². The van der Waals surface area contributed by atoms with Crippen LogP contribution in [-0.4, -0.2) is 69.9 Å². The van der Waals surface area contributed by atoms with Gasteiger partial charge in [0.05, 0.1) is 17.6 Å². The van der Waals surface area contributed by atoms with Crippen LogP contribution < -0.4 is 0 Å². The van der Waals surface area contributed by atoms with Gasteiger partial charge in [0.2, 0.25) is 0 Å². The first kappa shape index (κ1) is 31.5. The first-order valence-corrected chi connectivity index (χ1v) is 16.9. The Hall–Kier alpha value is -3.14. The fraction of sp³-hybridized carbons (Fsp3) is 0.444. The monoisotopic (exact) mass is 663 g/mol. The molecule has 242 valence electrons. The van der Waals surface area contributed by atoms with E-state index in [0.29, 0.717) is 29.1 Å². The summed E-state index contributed by atoms with van der Waals surface area (Å²) in [5.74, 6) is 0.797. The third-order valence-corrected chi connectivity index (χ3v) is 9.85. The molecular formula is C36H39Cl2N3O5. The summed E-state index contributed by atoms with van der Waals surface area (Å²) in [4.78, 5) is 20.0. The van der Waals surface area contributed by atoms with E-state index < -0.39 is 18.0 Å². The molecule has 8 nitrogen and oxygen atoms in total. The zero-order chi connectivity index (χ0) is 32.0. The van der Waals surface area contributed by atoms with Crippen molar-refractivity contribution in [2.75, 3.05) is 26.3 Å². The third kappa shape index (κ3) is 6.51. The number of carbonyl (C=O) groups is 1. The van der Waals surface area contributed by atoms with Gasteiger partial charge in [-0.25, -0.2) is 9.78 Å². The summed E-state index contributed by atoms with van der Waals surface area (Å²) in [5, 5.41) is 11.1. The number of rotatable bonds is 8. The second kappa shape index (κ2) is 12.8. The van der Waals surface area contributed by atoms with Crippen LogP contribution in [0.5, 0.6) is 0 Å². The standard InChI is InChI=1S/C36H39Cl2N3O5/c1-36(2)45-31(20-42)32(46-36)21-44-35(43)40-17-15-28(16-18-40)41-30-19-25(9-14-29(30)39-34(41)24-3-4-24)33(22-5-10-26(37)11-6-22)23-7-12-27(38)13-8-23/h5-14,19,24,28,31-33,42H,3-4,15-18,20-21H2,1-2H3/t31-,32-/m1/s1. The minimum Gasteiger partial charge on any atom is -0.447 e. The number of aliphatic hydroxyl groups is 1. The van der Waals surface area contributed by atoms with E-state index in [9.17, 15) is 9.90 Å². The highest BCUT2D eigenvalue weighted by Crippen LogP contribution is 2.44. The van der Waals surface area contributed by atoms with Crippen molar-refractivity contribution in [2.24, 2.45) is 0 Å². The molecular weight excluding hydrogens is 625 g/mol. The number of aromatic nitrogens is 2. The number of hydrogen-bond acceptors (Lipinski definition) is 6. The number of ether oxygens (including phenoxy) is 3. The Morgan fingerprint density at radius 1 is 0.913 bits per heavy atom. The molecule has 10 heteroatoms. The van der Waals surface area contributed by atoms with E-state index in [-0.39, 0.29) is 31.3 Å². The highest BCUT2D eigenvalue weighted by molar-refractivity contribution is 6.30. The number of nitrogens with zero attached hydrogens (tertiary/aromatic N) is 3. The highest BCUT2D eigenvalue weighted by atomic mass is 35.5. The van der Waals surface area contributed by atoms with Crippen molar-refractivity contribution < 1.29 is 24.1 Å². The summed E-state index contributed by atoms with van der Waals surface area (Å²) in [5.41, 5.74) is 5.59. The number of benzene rings is 3. The Kier molecular flexibility index (Phi) is 8.76. The van der Waals surface area contributed by atoms with Gasteiger partial charge in [-0.1, -0.05) is 53.5 Å². The SMILES string of the molecule is CC1(C)O[C@H](CO)[C@@H](COC(=O)N2CCC(n3c(C4CC4)nc4ccc(C(c5ccc(Cl)cc5)c5ccc(Cl)cc5)cc43)CC2)O1. The van der Waals surface area contributed by atoms with Crippen molar-refractivity contribution in [3.8, 4) is 0 Å². The van der Waals surface area contributed by atoms with E-state index in [0.717, 1.165) is 53.7 Å². The smallest absolute Gasteiger partial charge is 0.409 e. The first-order valence-electron chi connectivity index (χ1n) is 16.1. The number of aliphatic hydroxyl groups excluding tert-OH is 1. The molecule has 1 aromatic heterocycles. The van der Waals surface area contributed by atoms with Crippen LogP contribution in [0.1, 0.15) is 79.9 Å². The third-order valence-electron chi connectivity index (χ3n) is 9.35. The zero-order valence-corrected chi connectivity index (χ0v) is 27.6. The molecule has 1 amide bonds. The van der Waals surface area contributed by atoms with E-state index >= 15 is 0 Å². The summed E-state index contributed by atoms with van der Waals surface area (Å²) >= 11 is 12.5. The minimum absolute atomic E-state index is 0.00599. The predicted octanol–water partition coefficient (Wildman–Crippen LogP) is 7.69. The van der Waals surface area contributed by atoms with Gasteiger partial charge in [-0.2, -0.15) is 0 Å². The summed E-state index contributed by atoms with van der Waals surface area (Å²) in [6.45, 7) is 4.59. The average Bonchev–Trinajstić information content (AvgIpc) is 3.76. The Morgan fingerprint density at radius 3 is 2.09 bits per heavy atom. The minimum atomic E-state index is -0.820. The number of imidazole rings is 1. The van der Waals surface area contributed by atoms with Crippen molar-refractivity contribution in [2.45, 2.75) is 75.4 Å². The molecule has 0 radical (unpaired) electrons. The topological polar surface area (TPSA) is 86.0 Å². The van der Waals surface area contributed by atoms with Gasteiger partial charge in [0, 0.05) is 41.0 Å². The maximum absolute atomic E-state index is 13.0. The van der Waals surface area contributed by atoms with Crippen molar-refractivity contribution in [3.05, 3.63) is 99.3 Å². The lowest BCUT2D eigenvalue weighted by atomic mass is 9.85. The maximum atomic E-state index is 13.0.